The second-order valence-electron chi connectivity index (χ2n) is 2.90. The number of nitrogens with zero attached hydrogens (tertiary/aromatic N) is 1. The van der Waals surface area contributed by atoms with Gasteiger partial charge in [-0.1, -0.05) is 6.07 Å². The lowest BCUT2D eigenvalue weighted by Crippen LogP contribution is -2.31. The van der Waals surface area contributed by atoms with Crippen LogP contribution in [0, 0.1) is 0 Å². The van der Waals surface area contributed by atoms with Crippen LogP contribution in [0.3, 0.4) is 0 Å². The number of hydrogen-bond donors (Lipinski definition) is 0. The van der Waals surface area contributed by atoms with Crippen LogP contribution in [0.25, 0.3) is 0 Å². The molecule has 1 rings (SSSR count). The van der Waals surface area contributed by atoms with Crippen molar-refractivity contribution in [2.75, 3.05) is 5.75 Å². The van der Waals surface area contributed by atoms with E-state index in [1.54, 1.807) is 13.1 Å². The molecule has 0 saturated heterocycles. The van der Waals surface area contributed by atoms with Crippen molar-refractivity contribution in [3.05, 3.63) is 30.1 Å². The summed E-state index contributed by atoms with van der Waals surface area (Å²) in [6.45, 7) is 1.64. The number of carboxylic acid groups (broad SMARTS) is 1. The van der Waals surface area contributed by atoms with Gasteiger partial charge in [0, 0.05) is 17.1 Å². The maximum Gasteiger partial charge on any atom is 0.0541 e. The third kappa shape index (κ3) is 3.79. The number of carbonyl (C=O) groups is 1. The molecule has 76 valence electrons. The fourth-order valence-electron chi connectivity index (χ4n) is 0.954. The van der Waals surface area contributed by atoms with Crippen molar-refractivity contribution in [3.8, 4) is 0 Å². The van der Waals surface area contributed by atoms with Crippen molar-refractivity contribution in [3.63, 3.8) is 0 Å². The molecule has 0 radical (unpaired) electrons. The maximum atomic E-state index is 10.4. The minimum Gasteiger partial charge on any atom is -0.549 e. The van der Waals surface area contributed by atoms with Gasteiger partial charge in [0.15, 0.2) is 0 Å². The fraction of sp³-hybridized carbons (Fsp3) is 0.400. The quantitative estimate of drug-likeness (QED) is 0.710. The zero-order chi connectivity index (χ0) is 10.4. The Morgan fingerprint density at radius 2 is 2.43 bits per heavy atom. The van der Waals surface area contributed by atoms with Crippen LogP contribution in [0.2, 0.25) is 0 Å². The first-order valence-corrected chi connectivity index (χ1v) is 5.47. The van der Waals surface area contributed by atoms with E-state index >= 15 is 0 Å². The Kier molecular flexibility index (Phi) is 4.46. The Balaban J connectivity index is 2.26. The molecule has 0 aliphatic rings. The molecule has 1 heterocycles. The van der Waals surface area contributed by atoms with E-state index < -0.39 is 11.2 Å². The number of hydrogen-bond acceptors (Lipinski definition) is 4. The molecule has 1 aromatic heterocycles. The SMILES string of the molecule is C[C@H](SCCc1ccccn1)C(=O)[O-]. The lowest BCUT2D eigenvalue weighted by molar-refractivity contribution is -0.304. The predicted octanol–water partition coefficient (Wildman–Crippen LogP) is 0.496. The highest BCUT2D eigenvalue weighted by Gasteiger charge is 2.02. The Bertz CT molecular complexity index is 289. The second kappa shape index (κ2) is 5.65. The largest absolute Gasteiger partial charge is 0.549 e. The highest BCUT2D eigenvalue weighted by molar-refractivity contribution is 8.00. The van der Waals surface area contributed by atoms with E-state index in [2.05, 4.69) is 4.98 Å². The van der Waals surface area contributed by atoms with Crippen LogP contribution in [-0.4, -0.2) is 22.0 Å². The zero-order valence-corrected chi connectivity index (χ0v) is 8.79. The second-order valence-corrected chi connectivity index (χ2v) is 4.35. The van der Waals surface area contributed by atoms with Gasteiger partial charge >= 0.3 is 0 Å². The van der Waals surface area contributed by atoms with Crippen LogP contribution in [-0.2, 0) is 11.2 Å². The van der Waals surface area contributed by atoms with Crippen LogP contribution < -0.4 is 5.11 Å². The van der Waals surface area contributed by atoms with Gasteiger partial charge in [0.1, 0.15) is 0 Å². The van der Waals surface area contributed by atoms with Crippen molar-refractivity contribution in [1.82, 2.24) is 4.98 Å². The average Bonchev–Trinajstić information content (AvgIpc) is 2.19. The van der Waals surface area contributed by atoms with Crippen LogP contribution in [0.5, 0.6) is 0 Å². The number of thioether (sulfide) groups is 1. The van der Waals surface area contributed by atoms with Crippen molar-refractivity contribution >= 4 is 17.7 Å². The van der Waals surface area contributed by atoms with E-state index in [-0.39, 0.29) is 0 Å². The molecule has 0 saturated carbocycles. The number of carbonyl (C=O) groups excluding carboxylic acids is 1. The third-order valence-electron chi connectivity index (χ3n) is 1.78. The van der Waals surface area contributed by atoms with Gasteiger partial charge in [-0.15, -0.1) is 0 Å². The Labute approximate surface area is 87.6 Å². The molecule has 1 atom stereocenters. The molecule has 0 bridgehead atoms. The first kappa shape index (κ1) is 11.0. The lowest BCUT2D eigenvalue weighted by Gasteiger charge is -2.11. The minimum atomic E-state index is -1.00. The molecule has 0 fully saturated rings. The zero-order valence-electron chi connectivity index (χ0n) is 7.97. The lowest BCUT2D eigenvalue weighted by atomic mass is 10.3. The van der Waals surface area contributed by atoms with E-state index in [1.807, 2.05) is 18.2 Å². The number of aryl methyl sites for hydroxylation is 1. The van der Waals surface area contributed by atoms with Gasteiger partial charge in [-0.2, -0.15) is 11.8 Å². The van der Waals surface area contributed by atoms with Crippen molar-refractivity contribution in [1.29, 1.82) is 0 Å². The van der Waals surface area contributed by atoms with Crippen LogP contribution in [0.15, 0.2) is 24.4 Å². The number of carboxylic acids is 1. The molecule has 0 amide bonds. The van der Waals surface area contributed by atoms with E-state index in [0.717, 1.165) is 17.9 Å². The van der Waals surface area contributed by atoms with Gasteiger partial charge in [-0.25, -0.2) is 0 Å². The summed E-state index contributed by atoms with van der Waals surface area (Å²) in [6, 6.07) is 5.72. The molecule has 4 heteroatoms. The van der Waals surface area contributed by atoms with Crippen LogP contribution in [0.1, 0.15) is 12.6 Å². The van der Waals surface area contributed by atoms with Gasteiger partial charge < -0.3 is 9.90 Å². The summed E-state index contributed by atoms with van der Waals surface area (Å²) in [5, 5.41) is 9.95. The van der Waals surface area contributed by atoms with Gasteiger partial charge in [0.05, 0.1) is 5.97 Å². The molecule has 3 nitrogen and oxygen atoms in total. The van der Waals surface area contributed by atoms with Crippen molar-refractivity contribution in [2.45, 2.75) is 18.6 Å². The minimum absolute atomic E-state index is 0.446. The summed E-state index contributed by atoms with van der Waals surface area (Å²) in [7, 11) is 0. The highest BCUT2D eigenvalue weighted by Crippen LogP contribution is 2.11. The Morgan fingerprint density at radius 1 is 1.64 bits per heavy atom. The van der Waals surface area contributed by atoms with Gasteiger partial charge in [-0.05, 0) is 31.2 Å². The molecular weight excluding hydrogens is 198 g/mol. The Morgan fingerprint density at radius 3 is 3.00 bits per heavy atom. The molecular formula is C10H12NO2S-. The van der Waals surface area contributed by atoms with Crippen molar-refractivity contribution < 1.29 is 9.90 Å². The molecule has 0 unspecified atom stereocenters. The van der Waals surface area contributed by atoms with Crippen molar-refractivity contribution in [2.24, 2.45) is 0 Å². The number of aromatic nitrogens is 1. The summed E-state index contributed by atoms with van der Waals surface area (Å²) in [5.41, 5.74) is 0.991. The summed E-state index contributed by atoms with van der Waals surface area (Å²) in [5.74, 6) is -0.248. The van der Waals surface area contributed by atoms with E-state index in [9.17, 15) is 9.90 Å². The molecule has 0 aliphatic heterocycles. The van der Waals surface area contributed by atoms with Crippen LogP contribution in [0.4, 0.5) is 0 Å². The normalized spacial score (nSPS) is 12.4. The fourth-order valence-corrected chi connectivity index (χ4v) is 1.77. The van der Waals surface area contributed by atoms with E-state index in [0.29, 0.717) is 0 Å². The van der Waals surface area contributed by atoms with Crippen LogP contribution >= 0.6 is 11.8 Å². The summed E-state index contributed by atoms with van der Waals surface area (Å²) in [6.07, 6.45) is 2.53. The van der Waals surface area contributed by atoms with Gasteiger partial charge in [0.25, 0.3) is 0 Å². The van der Waals surface area contributed by atoms with E-state index in [4.69, 9.17) is 0 Å². The highest BCUT2D eigenvalue weighted by atomic mass is 32.2. The van der Waals surface area contributed by atoms with Gasteiger partial charge in [-0.3, -0.25) is 4.98 Å². The van der Waals surface area contributed by atoms with Gasteiger partial charge in [0.2, 0.25) is 0 Å². The van der Waals surface area contributed by atoms with E-state index in [1.165, 1.54) is 11.8 Å². The topological polar surface area (TPSA) is 53.0 Å². The molecule has 0 aliphatic carbocycles. The third-order valence-corrected chi connectivity index (χ3v) is 2.92. The average molecular weight is 210 g/mol. The monoisotopic (exact) mass is 210 g/mol. The standard InChI is InChI=1S/C10H13NO2S/c1-8(10(12)13)14-7-5-9-4-2-3-6-11-9/h2-4,6,8H,5,7H2,1H3,(H,12,13)/p-1/t8-/m0/s1. The predicted molar refractivity (Wildman–Crippen MR) is 54.9 cm³/mol. The maximum absolute atomic E-state index is 10.4. The number of rotatable bonds is 5. The Hall–Kier alpha value is -1.03. The summed E-state index contributed by atoms with van der Waals surface area (Å²) in [4.78, 5) is 14.5. The number of aliphatic carboxylic acids is 1. The number of pyridine rings is 1. The molecule has 1 aromatic rings. The molecule has 14 heavy (non-hydrogen) atoms. The smallest absolute Gasteiger partial charge is 0.0541 e. The molecule has 0 N–H and O–H groups in total. The molecule has 0 aromatic carbocycles. The molecule has 0 spiro atoms. The summed E-state index contributed by atoms with van der Waals surface area (Å²) >= 11 is 1.38. The summed E-state index contributed by atoms with van der Waals surface area (Å²) < 4.78 is 0. The first-order valence-electron chi connectivity index (χ1n) is 4.42. The first-order chi connectivity index (χ1) is 6.70.